The Bertz CT molecular complexity index is 920. The van der Waals surface area contributed by atoms with E-state index in [-0.39, 0.29) is 30.9 Å². The maximum absolute atomic E-state index is 12.6. The molecule has 2 aliphatic heterocycles. The lowest BCUT2D eigenvalue weighted by molar-refractivity contribution is -0.150. The molecule has 0 spiro atoms. The molecule has 1 aromatic heterocycles. The number of amides is 2. The molecule has 2 saturated heterocycles. The SMILES string of the molecule is Cc1cc(C(=O)N2CCC(N3C(=O)OCC3C(=O)OCc3ccccc3)CC2)no1. The monoisotopic (exact) mass is 413 g/mol. The van der Waals surface area contributed by atoms with Gasteiger partial charge in [0.25, 0.3) is 5.91 Å². The number of ether oxygens (including phenoxy) is 2. The van der Waals surface area contributed by atoms with Crippen molar-refractivity contribution in [2.24, 2.45) is 0 Å². The van der Waals surface area contributed by atoms with Crippen molar-refractivity contribution in [3.63, 3.8) is 0 Å². The molecule has 9 nitrogen and oxygen atoms in total. The predicted molar refractivity (Wildman–Crippen MR) is 103 cm³/mol. The van der Waals surface area contributed by atoms with E-state index in [1.165, 1.54) is 4.90 Å². The van der Waals surface area contributed by atoms with Crippen LogP contribution < -0.4 is 0 Å². The van der Waals surface area contributed by atoms with Crippen LogP contribution in [0, 0.1) is 6.92 Å². The number of piperidine rings is 1. The molecule has 2 fully saturated rings. The van der Waals surface area contributed by atoms with Gasteiger partial charge in [0.2, 0.25) is 0 Å². The van der Waals surface area contributed by atoms with Crippen molar-refractivity contribution in [1.82, 2.24) is 15.0 Å². The smallest absolute Gasteiger partial charge is 0.410 e. The van der Waals surface area contributed by atoms with Crippen LogP contribution in [0.2, 0.25) is 0 Å². The molecule has 0 bridgehead atoms. The van der Waals surface area contributed by atoms with Gasteiger partial charge in [-0.05, 0) is 25.3 Å². The largest absolute Gasteiger partial charge is 0.459 e. The van der Waals surface area contributed by atoms with Crippen LogP contribution in [0.3, 0.4) is 0 Å². The van der Waals surface area contributed by atoms with Crippen LogP contribution in [0.5, 0.6) is 0 Å². The maximum Gasteiger partial charge on any atom is 0.410 e. The Kier molecular flexibility index (Phi) is 5.69. The van der Waals surface area contributed by atoms with Crippen molar-refractivity contribution >= 4 is 18.0 Å². The lowest BCUT2D eigenvalue weighted by Crippen LogP contribution is -2.52. The number of benzene rings is 1. The Morgan fingerprint density at radius 1 is 1.20 bits per heavy atom. The van der Waals surface area contributed by atoms with Crippen LogP contribution in [-0.4, -0.2) is 64.7 Å². The average Bonchev–Trinajstić information content (AvgIpc) is 3.38. The predicted octanol–water partition coefficient (Wildman–Crippen LogP) is 2.15. The van der Waals surface area contributed by atoms with E-state index in [0.29, 0.717) is 31.7 Å². The molecule has 2 aromatic rings. The second-order valence-corrected chi connectivity index (χ2v) is 7.44. The van der Waals surface area contributed by atoms with Gasteiger partial charge in [-0.2, -0.15) is 0 Å². The number of hydrogen-bond donors (Lipinski definition) is 0. The minimum absolute atomic E-state index is 0.0240. The van der Waals surface area contributed by atoms with Crippen LogP contribution in [0.1, 0.15) is 34.7 Å². The number of hydrogen-bond acceptors (Lipinski definition) is 7. The molecular formula is C21H23N3O6. The van der Waals surface area contributed by atoms with Gasteiger partial charge in [0, 0.05) is 25.2 Å². The number of aromatic nitrogens is 1. The Morgan fingerprint density at radius 3 is 2.60 bits per heavy atom. The summed E-state index contributed by atoms with van der Waals surface area (Å²) >= 11 is 0. The highest BCUT2D eigenvalue weighted by Crippen LogP contribution is 2.25. The lowest BCUT2D eigenvalue weighted by Gasteiger charge is -2.36. The number of esters is 1. The van der Waals surface area contributed by atoms with Crippen LogP contribution in [0.4, 0.5) is 4.79 Å². The molecule has 2 amide bonds. The van der Waals surface area contributed by atoms with E-state index in [2.05, 4.69) is 5.16 Å². The zero-order valence-corrected chi connectivity index (χ0v) is 16.7. The highest BCUT2D eigenvalue weighted by Gasteiger charge is 2.44. The first kappa shape index (κ1) is 19.9. The number of cyclic esters (lactones) is 1. The highest BCUT2D eigenvalue weighted by molar-refractivity contribution is 5.92. The molecule has 3 heterocycles. The number of carbonyl (C=O) groups is 3. The number of rotatable bonds is 5. The Balaban J connectivity index is 1.35. The lowest BCUT2D eigenvalue weighted by atomic mass is 10.0. The summed E-state index contributed by atoms with van der Waals surface area (Å²) in [6, 6.07) is 9.99. The molecule has 2 aliphatic rings. The number of carbonyl (C=O) groups excluding carboxylic acids is 3. The van der Waals surface area contributed by atoms with Crippen LogP contribution in [0.15, 0.2) is 40.9 Å². The Morgan fingerprint density at radius 2 is 1.93 bits per heavy atom. The van der Waals surface area contributed by atoms with Crippen LogP contribution in [0.25, 0.3) is 0 Å². The second kappa shape index (κ2) is 8.56. The van der Waals surface area contributed by atoms with Crippen LogP contribution >= 0.6 is 0 Å². The van der Waals surface area contributed by atoms with Gasteiger partial charge in [0.05, 0.1) is 0 Å². The zero-order valence-electron chi connectivity index (χ0n) is 16.7. The molecule has 0 radical (unpaired) electrons. The second-order valence-electron chi connectivity index (χ2n) is 7.44. The zero-order chi connectivity index (χ0) is 21.1. The van der Waals surface area contributed by atoms with E-state index in [4.69, 9.17) is 14.0 Å². The van der Waals surface area contributed by atoms with Gasteiger partial charge in [-0.3, -0.25) is 9.69 Å². The van der Waals surface area contributed by atoms with E-state index in [1.54, 1.807) is 17.9 Å². The maximum atomic E-state index is 12.6. The molecule has 158 valence electrons. The van der Waals surface area contributed by atoms with Crippen molar-refractivity contribution in [1.29, 1.82) is 0 Å². The van der Waals surface area contributed by atoms with Gasteiger partial charge in [-0.15, -0.1) is 0 Å². The first-order valence-electron chi connectivity index (χ1n) is 9.91. The van der Waals surface area contributed by atoms with E-state index in [9.17, 15) is 14.4 Å². The fourth-order valence-corrected chi connectivity index (χ4v) is 3.82. The van der Waals surface area contributed by atoms with Gasteiger partial charge in [0.1, 0.15) is 19.0 Å². The summed E-state index contributed by atoms with van der Waals surface area (Å²) in [7, 11) is 0. The molecule has 30 heavy (non-hydrogen) atoms. The quantitative estimate of drug-likeness (QED) is 0.692. The van der Waals surface area contributed by atoms with Crippen molar-refractivity contribution in [3.05, 3.63) is 53.4 Å². The third-order valence-electron chi connectivity index (χ3n) is 5.40. The van der Waals surface area contributed by atoms with Crippen molar-refractivity contribution in [2.75, 3.05) is 19.7 Å². The molecule has 0 N–H and O–H groups in total. The molecular weight excluding hydrogens is 390 g/mol. The van der Waals surface area contributed by atoms with Crippen molar-refractivity contribution in [3.8, 4) is 0 Å². The van der Waals surface area contributed by atoms with Gasteiger partial charge < -0.3 is 18.9 Å². The summed E-state index contributed by atoms with van der Waals surface area (Å²) in [6.07, 6.45) is 0.564. The molecule has 1 aromatic carbocycles. The number of likely N-dealkylation sites (tertiary alicyclic amines) is 1. The number of nitrogens with zero attached hydrogens (tertiary/aromatic N) is 3. The molecule has 4 rings (SSSR count). The molecule has 9 heteroatoms. The molecule has 0 aliphatic carbocycles. The highest BCUT2D eigenvalue weighted by atomic mass is 16.6. The fraction of sp³-hybridized carbons (Fsp3) is 0.429. The minimum atomic E-state index is -0.772. The minimum Gasteiger partial charge on any atom is -0.459 e. The van der Waals surface area contributed by atoms with Crippen molar-refractivity contribution in [2.45, 2.75) is 38.5 Å². The molecule has 0 saturated carbocycles. The summed E-state index contributed by atoms with van der Waals surface area (Å²) in [6.45, 7) is 2.74. The van der Waals surface area contributed by atoms with Gasteiger partial charge >= 0.3 is 12.1 Å². The van der Waals surface area contributed by atoms with Crippen molar-refractivity contribution < 1.29 is 28.4 Å². The molecule has 1 atom stereocenters. The standard InChI is InChI=1S/C21H23N3O6/c1-14-11-17(22-30-14)19(25)23-9-7-16(8-10-23)24-18(13-29-21(24)27)20(26)28-12-15-5-3-2-4-6-15/h2-6,11,16,18H,7-10,12-13H2,1H3. The summed E-state index contributed by atoms with van der Waals surface area (Å²) in [5.41, 5.74) is 1.14. The average molecular weight is 413 g/mol. The summed E-state index contributed by atoms with van der Waals surface area (Å²) in [5, 5.41) is 3.77. The van der Waals surface area contributed by atoms with E-state index < -0.39 is 18.1 Å². The van der Waals surface area contributed by atoms with Gasteiger partial charge in [-0.25, -0.2) is 9.59 Å². The summed E-state index contributed by atoms with van der Waals surface area (Å²) < 4.78 is 15.5. The Hall–Kier alpha value is -3.36. The summed E-state index contributed by atoms with van der Waals surface area (Å²) in [4.78, 5) is 40.6. The topological polar surface area (TPSA) is 102 Å². The first-order valence-corrected chi connectivity index (χ1v) is 9.91. The Labute approximate surface area is 173 Å². The number of aryl methyl sites for hydroxylation is 1. The first-order chi connectivity index (χ1) is 14.5. The fourth-order valence-electron chi connectivity index (χ4n) is 3.82. The van der Waals surface area contributed by atoms with E-state index >= 15 is 0 Å². The molecule has 1 unspecified atom stereocenters. The van der Waals surface area contributed by atoms with Gasteiger partial charge in [0.15, 0.2) is 11.7 Å². The van der Waals surface area contributed by atoms with Crippen LogP contribution in [-0.2, 0) is 20.9 Å². The van der Waals surface area contributed by atoms with Gasteiger partial charge in [-0.1, -0.05) is 35.5 Å². The van der Waals surface area contributed by atoms with E-state index in [0.717, 1.165) is 5.56 Å². The van der Waals surface area contributed by atoms with E-state index in [1.807, 2.05) is 30.3 Å². The third kappa shape index (κ3) is 4.14. The third-order valence-corrected chi connectivity index (χ3v) is 5.40. The normalized spacial score (nSPS) is 19.6. The summed E-state index contributed by atoms with van der Waals surface area (Å²) in [5.74, 6) is -0.112.